The highest BCUT2D eigenvalue weighted by molar-refractivity contribution is 9.10. The number of benzene rings is 1. The third kappa shape index (κ3) is 3.79. The van der Waals surface area contributed by atoms with Gasteiger partial charge in [0.25, 0.3) is 0 Å². The lowest BCUT2D eigenvalue weighted by Crippen LogP contribution is -2.54. The smallest absolute Gasteiger partial charge is 0.311 e. The molecule has 0 spiro atoms. The number of carbonyl (C=O) groups is 2. The Balaban J connectivity index is 2.21. The maximum atomic E-state index is 13.6. The van der Waals surface area contributed by atoms with Gasteiger partial charge >= 0.3 is 5.97 Å². The van der Waals surface area contributed by atoms with Crippen molar-refractivity contribution < 1.29 is 19.1 Å². The summed E-state index contributed by atoms with van der Waals surface area (Å²) in [7, 11) is 1.84. The van der Waals surface area contributed by atoms with Crippen LogP contribution in [-0.4, -0.2) is 34.0 Å². The fourth-order valence-corrected chi connectivity index (χ4v) is 7.42. The first-order chi connectivity index (χ1) is 13.9. The van der Waals surface area contributed by atoms with Gasteiger partial charge in [0.2, 0.25) is 0 Å². The van der Waals surface area contributed by atoms with E-state index in [0.717, 1.165) is 58.6 Å². The summed E-state index contributed by atoms with van der Waals surface area (Å²) in [5.41, 5.74) is 2.11. The van der Waals surface area contributed by atoms with E-state index in [-0.39, 0.29) is 23.1 Å². The van der Waals surface area contributed by atoms with E-state index in [1.54, 1.807) is 7.11 Å². The summed E-state index contributed by atoms with van der Waals surface area (Å²) < 4.78 is 11.8. The first-order valence-corrected chi connectivity index (χ1v) is 15.4. The summed E-state index contributed by atoms with van der Waals surface area (Å²) in [5, 5.41) is 0. The highest BCUT2D eigenvalue weighted by Gasteiger charge is 2.57. The van der Waals surface area contributed by atoms with Crippen LogP contribution in [0.25, 0.3) is 0 Å². The lowest BCUT2D eigenvalue weighted by atomic mass is 9.49. The molecule has 1 saturated carbocycles. The molecule has 1 aromatic carbocycles. The molecule has 0 N–H and O–H groups in total. The minimum atomic E-state index is -1.29. The molecule has 4 nitrogen and oxygen atoms in total. The molecule has 6 heteroatoms. The van der Waals surface area contributed by atoms with Crippen molar-refractivity contribution in [2.45, 2.75) is 77.1 Å². The maximum Gasteiger partial charge on any atom is 0.311 e. The highest BCUT2D eigenvalue weighted by Crippen LogP contribution is 2.59. The van der Waals surface area contributed by atoms with Crippen LogP contribution < -0.4 is 4.74 Å². The second-order valence-electron chi connectivity index (χ2n) is 10.7. The number of rotatable bonds is 5. The van der Waals surface area contributed by atoms with Gasteiger partial charge in [-0.1, -0.05) is 39.0 Å². The molecule has 0 radical (unpaired) electrons. The Kier molecular flexibility index (Phi) is 6.34. The van der Waals surface area contributed by atoms with E-state index in [1.807, 2.05) is 13.0 Å². The molecule has 0 aliphatic heterocycles. The van der Waals surface area contributed by atoms with Crippen LogP contribution in [0, 0.1) is 11.3 Å². The van der Waals surface area contributed by atoms with Crippen LogP contribution in [0.5, 0.6) is 5.75 Å². The SMILES string of the molecule is COC(=O)[C@@]1(C)CCC[C@]2(C)c3cc(OC)c(Br)c(CC[Si](C)(C)C)c3C(=O)C[C@@H]12. The van der Waals surface area contributed by atoms with Crippen molar-refractivity contribution in [3.05, 3.63) is 27.2 Å². The van der Waals surface area contributed by atoms with Gasteiger partial charge in [-0.15, -0.1) is 0 Å². The first kappa shape index (κ1) is 23.5. The average Bonchev–Trinajstić information content (AvgIpc) is 2.67. The zero-order valence-electron chi connectivity index (χ0n) is 19.4. The van der Waals surface area contributed by atoms with E-state index in [2.05, 4.69) is 42.5 Å². The predicted octanol–water partition coefficient (Wildman–Crippen LogP) is 6.16. The zero-order chi connectivity index (χ0) is 22.5. The monoisotopic (exact) mass is 494 g/mol. The van der Waals surface area contributed by atoms with E-state index < -0.39 is 13.5 Å². The second kappa shape index (κ2) is 8.08. The van der Waals surface area contributed by atoms with Crippen molar-refractivity contribution in [1.82, 2.24) is 0 Å². The number of fused-ring (bicyclic) bond motifs is 3. The molecule has 30 heavy (non-hydrogen) atoms. The number of hydrogen-bond donors (Lipinski definition) is 0. The average molecular weight is 496 g/mol. The van der Waals surface area contributed by atoms with Crippen molar-refractivity contribution in [3.8, 4) is 5.75 Å². The van der Waals surface area contributed by atoms with Gasteiger partial charge in [-0.3, -0.25) is 9.59 Å². The van der Waals surface area contributed by atoms with Gasteiger partial charge in [-0.05, 0) is 70.6 Å². The fourth-order valence-electron chi connectivity index (χ4n) is 5.75. The fraction of sp³-hybridized carbons (Fsp3) is 0.667. The Morgan fingerprint density at radius 3 is 2.47 bits per heavy atom. The Morgan fingerprint density at radius 1 is 1.23 bits per heavy atom. The molecule has 0 heterocycles. The largest absolute Gasteiger partial charge is 0.496 e. The standard InChI is InChI=1S/C24H35BrO4Si/c1-23-10-8-11-24(2,22(27)29-4)19(23)14-17(26)20-15(9-12-30(5,6)7)21(25)18(28-3)13-16(20)23/h13,19H,8-12,14H2,1-7H3/t19-,23-,24+/m1/s1. The van der Waals surface area contributed by atoms with E-state index in [4.69, 9.17) is 9.47 Å². The molecular formula is C24H35BrO4Si. The summed E-state index contributed by atoms with van der Waals surface area (Å²) >= 11 is 3.74. The lowest BCUT2D eigenvalue weighted by Gasteiger charge is -2.53. The van der Waals surface area contributed by atoms with E-state index in [1.165, 1.54) is 7.11 Å². The van der Waals surface area contributed by atoms with Gasteiger partial charge in [0.1, 0.15) is 5.75 Å². The molecule has 0 aromatic heterocycles. The Hall–Kier alpha value is -1.14. The Labute approximate surface area is 190 Å². The number of esters is 1. The molecule has 166 valence electrons. The number of methoxy groups -OCH3 is 2. The van der Waals surface area contributed by atoms with E-state index >= 15 is 0 Å². The molecule has 3 rings (SSSR count). The third-order valence-corrected chi connectivity index (χ3v) is 10.2. The van der Waals surface area contributed by atoms with Gasteiger partial charge in [0, 0.05) is 20.1 Å². The molecule has 1 aromatic rings. The summed E-state index contributed by atoms with van der Waals surface area (Å²) in [6.45, 7) is 11.3. The summed E-state index contributed by atoms with van der Waals surface area (Å²) in [6, 6.07) is 3.16. The normalized spacial score (nSPS) is 28.5. The van der Waals surface area contributed by atoms with Crippen molar-refractivity contribution in [2.24, 2.45) is 11.3 Å². The van der Waals surface area contributed by atoms with Gasteiger partial charge in [-0.25, -0.2) is 0 Å². The molecular weight excluding hydrogens is 460 g/mol. The molecule has 0 saturated heterocycles. The molecule has 0 bridgehead atoms. The van der Waals surface area contributed by atoms with Crippen molar-refractivity contribution in [2.75, 3.05) is 14.2 Å². The summed E-state index contributed by atoms with van der Waals surface area (Å²) in [6.07, 6.45) is 3.93. The maximum absolute atomic E-state index is 13.6. The molecule has 2 aliphatic rings. The van der Waals surface area contributed by atoms with Crippen molar-refractivity contribution >= 4 is 35.8 Å². The molecule has 1 fully saturated rings. The van der Waals surface area contributed by atoms with E-state index in [9.17, 15) is 9.59 Å². The topological polar surface area (TPSA) is 52.6 Å². The number of hydrogen-bond acceptors (Lipinski definition) is 4. The van der Waals surface area contributed by atoms with Gasteiger partial charge in [-0.2, -0.15) is 0 Å². The minimum absolute atomic E-state index is 0.0677. The Morgan fingerprint density at radius 2 is 1.90 bits per heavy atom. The number of Topliss-reactive ketones (excluding diaryl/α,β-unsaturated/α-hetero) is 1. The highest BCUT2D eigenvalue weighted by atomic mass is 79.9. The molecule has 3 atom stereocenters. The van der Waals surface area contributed by atoms with Crippen LogP contribution >= 0.6 is 15.9 Å². The number of halogens is 1. The summed E-state index contributed by atoms with van der Waals surface area (Å²) in [5.74, 6) is 0.664. The van der Waals surface area contributed by atoms with Gasteiger partial charge in [0.15, 0.2) is 5.78 Å². The van der Waals surface area contributed by atoms with Crippen molar-refractivity contribution in [3.63, 3.8) is 0 Å². The zero-order valence-corrected chi connectivity index (χ0v) is 22.0. The van der Waals surface area contributed by atoms with Crippen LogP contribution in [0.15, 0.2) is 10.5 Å². The van der Waals surface area contributed by atoms with Crippen LogP contribution in [0.1, 0.15) is 61.0 Å². The quantitative estimate of drug-likeness (QED) is 0.363. The van der Waals surface area contributed by atoms with E-state index in [0.29, 0.717) is 6.42 Å². The van der Waals surface area contributed by atoms with Crippen LogP contribution in [-0.2, 0) is 21.4 Å². The van der Waals surface area contributed by atoms with Crippen LogP contribution in [0.4, 0.5) is 0 Å². The van der Waals surface area contributed by atoms with Crippen LogP contribution in [0.2, 0.25) is 25.7 Å². The number of ether oxygens (including phenoxy) is 2. The van der Waals surface area contributed by atoms with Gasteiger partial charge < -0.3 is 9.47 Å². The van der Waals surface area contributed by atoms with Crippen molar-refractivity contribution in [1.29, 1.82) is 0 Å². The number of ketones is 1. The summed E-state index contributed by atoms with van der Waals surface area (Å²) in [4.78, 5) is 26.4. The van der Waals surface area contributed by atoms with Gasteiger partial charge in [0.05, 0.1) is 24.1 Å². The second-order valence-corrected chi connectivity index (χ2v) is 17.1. The number of carbonyl (C=O) groups excluding carboxylic acids is 2. The Bertz CT molecular complexity index is 875. The molecule has 2 aliphatic carbocycles. The molecule has 0 amide bonds. The minimum Gasteiger partial charge on any atom is -0.496 e. The van der Waals surface area contributed by atoms with Crippen LogP contribution in [0.3, 0.4) is 0 Å². The predicted molar refractivity (Wildman–Crippen MR) is 126 cm³/mol. The lowest BCUT2D eigenvalue weighted by molar-refractivity contribution is -0.160. The molecule has 0 unspecified atom stereocenters. The third-order valence-electron chi connectivity index (χ3n) is 7.54. The first-order valence-electron chi connectivity index (χ1n) is 10.9.